The highest BCUT2D eigenvalue weighted by Gasteiger charge is 2.14. The predicted molar refractivity (Wildman–Crippen MR) is 102 cm³/mol. The monoisotopic (exact) mass is 371 g/mol. The molecule has 0 bridgehead atoms. The lowest BCUT2D eigenvalue weighted by molar-refractivity contribution is -0.124. The fourth-order valence-electron chi connectivity index (χ4n) is 2.30. The summed E-state index contributed by atoms with van der Waals surface area (Å²) in [5, 5.41) is 2.72. The van der Waals surface area contributed by atoms with E-state index in [1.807, 2.05) is 38.1 Å². The van der Waals surface area contributed by atoms with Crippen LogP contribution in [0.1, 0.15) is 34.8 Å². The smallest absolute Gasteiger partial charge is 0.338 e. The van der Waals surface area contributed by atoms with Crippen LogP contribution in [0.25, 0.3) is 0 Å². The summed E-state index contributed by atoms with van der Waals surface area (Å²) in [6.07, 6.45) is 0.866. The molecule has 27 heavy (non-hydrogen) atoms. The summed E-state index contributed by atoms with van der Waals surface area (Å²) in [5.74, 6) is 0.0491. The maximum absolute atomic E-state index is 12.2. The zero-order valence-corrected chi connectivity index (χ0v) is 15.9. The van der Waals surface area contributed by atoms with Crippen molar-refractivity contribution in [2.24, 2.45) is 0 Å². The fourth-order valence-corrected chi connectivity index (χ4v) is 2.30. The van der Waals surface area contributed by atoms with Gasteiger partial charge in [0.15, 0.2) is 18.1 Å². The molecule has 1 N–H and O–H groups in total. The van der Waals surface area contributed by atoms with Crippen LogP contribution in [0.15, 0.2) is 42.5 Å². The SMILES string of the molecule is CCCOc1ccc(C(=O)OCC(=O)NCc2ccc(C)cc2)cc1OC. The van der Waals surface area contributed by atoms with Crippen LogP contribution in [0.5, 0.6) is 11.5 Å². The van der Waals surface area contributed by atoms with E-state index in [0.717, 1.165) is 17.5 Å². The second-order valence-electron chi connectivity index (χ2n) is 6.05. The van der Waals surface area contributed by atoms with Gasteiger partial charge in [0.05, 0.1) is 19.3 Å². The van der Waals surface area contributed by atoms with Crippen LogP contribution in [0.4, 0.5) is 0 Å². The van der Waals surface area contributed by atoms with Gasteiger partial charge >= 0.3 is 5.97 Å². The van der Waals surface area contributed by atoms with Gasteiger partial charge in [-0.25, -0.2) is 4.79 Å². The van der Waals surface area contributed by atoms with Crippen LogP contribution >= 0.6 is 0 Å². The third-order valence-corrected chi connectivity index (χ3v) is 3.81. The number of carbonyl (C=O) groups is 2. The lowest BCUT2D eigenvalue weighted by Gasteiger charge is -2.11. The Bertz CT molecular complexity index is 771. The average Bonchev–Trinajstić information content (AvgIpc) is 2.69. The minimum Gasteiger partial charge on any atom is -0.493 e. The van der Waals surface area contributed by atoms with Crippen molar-refractivity contribution in [2.75, 3.05) is 20.3 Å². The highest BCUT2D eigenvalue weighted by Crippen LogP contribution is 2.28. The number of aryl methyl sites for hydroxylation is 1. The molecule has 6 nitrogen and oxygen atoms in total. The van der Waals surface area contributed by atoms with Gasteiger partial charge in [-0.15, -0.1) is 0 Å². The van der Waals surface area contributed by atoms with Gasteiger partial charge in [0.25, 0.3) is 5.91 Å². The Balaban J connectivity index is 1.85. The summed E-state index contributed by atoms with van der Waals surface area (Å²) in [4.78, 5) is 24.0. The van der Waals surface area contributed by atoms with Crippen LogP contribution in [0.3, 0.4) is 0 Å². The summed E-state index contributed by atoms with van der Waals surface area (Å²) in [6.45, 7) is 4.59. The normalized spacial score (nSPS) is 10.2. The highest BCUT2D eigenvalue weighted by molar-refractivity contribution is 5.92. The maximum atomic E-state index is 12.2. The molecule has 1 amide bonds. The second-order valence-corrected chi connectivity index (χ2v) is 6.05. The molecule has 2 rings (SSSR count). The quantitative estimate of drug-likeness (QED) is 0.685. The van der Waals surface area contributed by atoms with Crippen LogP contribution in [-0.4, -0.2) is 32.2 Å². The maximum Gasteiger partial charge on any atom is 0.338 e. The second kappa shape index (κ2) is 10.2. The molecule has 2 aromatic carbocycles. The highest BCUT2D eigenvalue weighted by atomic mass is 16.5. The Labute approximate surface area is 159 Å². The summed E-state index contributed by atoms with van der Waals surface area (Å²) in [5.41, 5.74) is 2.43. The zero-order valence-electron chi connectivity index (χ0n) is 15.9. The molecular formula is C21H25NO5. The topological polar surface area (TPSA) is 73.9 Å². The van der Waals surface area contributed by atoms with Crippen molar-refractivity contribution in [1.82, 2.24) is 5.32 Å². The van der Waals surface area contributed by atoms with Crippen molar-refractivity contribution in [3.05, 3.63) is 59.2 Å². The van der Waals surface area contributed by atoms with Crippen molar-refractivity contribution in [3.63, 3.8) is 0 Å². The van der Waals surface area contributed by atoms with Gasteiger partial charge in [-0.3, -0.25) is 4.79 Å². The zero-order chi connectivity index (χ0) is 19.6. The third kappa shape index (κ3) is 6.33. The van der Waals surface area contributed by atoms with E-state index in [4.69, 9.17) is 14.2 Å². The number of hydrogen-bond acceptors (Lipinski definition) is 5. The molecule has 0 saturated carbocycles. The van der Waals surface area contributed by atoms with E-state index >= 15 is 0 Å². The molecule has 2 aromatic rings. The first-order valence-electron chi connectivity index (χ1n) is 8.83. The van der Waals surface area contributed by atoms with Crippen molar-refractivity contribution in [3.8, 4) is 11.5 Å². The van der Waals surface area contributed by atoms with E-state index < -0.39 is 5.97 Å². The van der Waals surface area contributed by atoms with E-state index in [2.05, 4.69) is 5.32 Å². The van der Waals surface area contributed by atoms with Crippen LogP contribution in [0.2, 0.25) is 0 Å². The number of methoxy groups -OCH3 is 1. The largest absolute Gasteiger partial charge is 0.493 e. The van der Waals surface area contributed by atoms with Crippen molar-refractivity contribution >= 4 is 11.9 Å². The molecule has 0 aliphatic heterocycles. The molecule has 0 aromatic heterocycles. The summed E-state index contributed by atoms with van der Waals surface area (Å²) >= 11 is 0. The third-order valence-electron chi connectivity index (χ3n) is 3.81. The summed E-state index contributed by atoms with van der Waals surface area (Å²) in [6, 6.07) is 12.6. The minimum atomic E-state index is -0.596. The molecule has 6 heteroatoms. The molecule has 0 radical (unpaired) electrons. The average molecular weight is 371 g/mol. The first kappa shape index (κ1) is 20.3. The van der Waals surface area contributed by atoms with Crippen LogP contribution in [-0.2, 0) is 16.1 Å². The van der Waals surface area contributed by atoms with Gasteiger partial charge in [0, 0.05) is 6.54 Å². The predicted octanol–water partition coefficient (Wildman–Crippen LogP) is 3.27. The number of carbonyl (C=O) groups excluding carboxylic acids is 2. The minimum absolute atomic E-state index is 0.294. The molecule has 0 fully saturated rings. The van der Waals surface area contributed by atoms with Gasteiger partial charge < -0.3 is 19.5 Å². The Morgan fingerprint density at radius 1 is 1.04 bits per heavy atom. The van der Waals surface area contributed by atoms with E-state index in [-0.39, 0.29) is 12.5 Å². The van der Waals surface area contributed by atoms with Gasteiger partial charge in [0.1, 0.15) is 0 Å². The number of nitrogens with one attached hydrogen (secondary N) is 1. The number of esters is 1. The van der Waals surface area contributed by atoms with Gasteiger partial charge in [-0.05, 0) is 37.1 Å². The summed E-state index contributed by atoms with van der Waals surface area (Å²) in [7, 11) is 1.50. The number of hydrogen-bond donors (Lipinski definition) is 1. The van der Waals surface area contributed by atoms with E-state index in [1.54, 1.807) is 12.1 Å². The van der Waals surface area contributed by atoms with E-state index in [0.29, 0.717) is 30.2 Å². The Kier molecular flexibility index (Phi) is 7.67. The van der Waals surface area contributed by atoms with Crippen LogP contribution < -0.4 is 14.8 Å². The van der Waals surface area contributed by atoms with Crippen LogP contribution in [0, 0.1) is 6.92 Å². The number of benzene rings is 2. The number of amides is 1. The first-order chi connectivity index (χ1) is 13.0. The first-order valence-corrected chi connectivity index (χ1v) is 8.83. The molecule has 0 aliphatic rings. The Morgan fingerprint density at radius 3 is 2.44 bits per heavy atom. The molecule has 0 aliphatic carbocycles. The standard InChI is InChI=1S/C21H25NO5/c1-4-11-26-18-10-9-17(12-19(18)25-3)21(24)27-14-20(23)22-13-16-7-5-15(2)6-8-16/h5-10,12H,4,11,13-14H2,1-3H3,(H,22,23). The molecule has 0 saturated heterocycles. The number of rotatable bonds is 9. The number of ether oxygens (including phenoxy) is 3. The van der Waals surface area contributed by atoms with Crippen molar-refractivity contribution in [1.29, 1.82) is 0 Å². The molecule has 0 spiro atoms. The Morgan fingerprint density at radius 2 is 1.78 bits per heavy atom. The molecular weight excluding hydrogens is 346 g/mol. The molecule has 0 heterocycles. The van der Waals surface area contributed by atoms with E-state index in [1.165, 1.54) is 13.2 Å². The fraction of sp³-hybridized carbons (Fsp3) is 0.333. The molecule has 144 valence electrons. The van der Waals surface area contributed by atoms with Gasteiger partial charge in [-0.1, -0.05) is 36.8 Å². The molecule has 0 atom stereocenters. The Hall–Kier alpha value is -3.02. The van der Waals surface area contributed by atoms with Gasteiger partial charge in [0.2, 0.25) is 0 Å². The summed E-state index contributed by atoms with van der Waals surface area (Å²) < 4.78 is 15.9. The lowest BCUT2D eigenvalue weighted by atomic mass is 10.1. The van der Waals surface area contributed by atoms with Crippen molar-refractivity contribution < 1.29 is 23.8 Å². The van der Waals surface area contributed by atoms with Crippen molar-refractivity contribution in [2.45, 2.75) is 26.8 Å². The molecule has 0 unspecified atom stereocenters. The van der Waals surface area contributed by atoms with E-state index in [9.17, 15) is 9.59 Å². The van der Waals surface area contributed by atoms with Gasteiger partial charge in [-0.2, -0.15) is 0 Å². The lowest BCUT2D eigenvalue weighted by Crippen LogP contribution is -2.28.